The SMILES string of the molecule is CC.CC1CCCCC1OCc1ccccc1. The van der Waals surface area contributed by atoms with Crippen molar-refractivity contribution < 1.29 is 4.74 Å². The van der Waals surface area contributed by atoms with Crippen LogP contribution in [0.4, 0.5) is 0 Å². The average molecular weight is 234 g/mol. The standard InChI is InChI=1S/C14H20O.C2H6/c1-12-7-5-6-10-14(12)15-11-13-8-3-2-4-9-13;1-2/h2-4,8-9,12,14H,5-7,10-11H2,1H3;1-2H3. The highest BCUT2D eigenvalue weighted by atomic mass is 16.5. The summed E-state index contributed by atoms with van der Waals surface area (Å²) in [4.78, 5) is 0. The second-order valence-corrected chi connectivity index (χ2v) is 4.60. The summed E-state index contributed by atoms with van der Waals surface area (Å²) in [5.74, 6) is 0.738. The number of hydrogen-bond acceptors (Lipinski definition) is 1. The highest BCUT2D eigenvalue weighted by Crippen LogP contribution is 2.26. The first-order valence-electron chi connectivity index (χ1n) is 7.02. The van der Waals surface area contributed by atoms with Crippen LogP contribution in [0.25, 0.3) is 0 Å². The summed E-state index contributed by atoms with van der Waals surface area (Å²) in [5, 5.41) is 0. The first-order chi connectivity index (χ1) is 8.36. The zero-order valence-corrected chi connectivity index (χ0v) is 11.5. The molecule has 0 saturated heterocycles. The Bertz CT molecular complexity index is 281. The van der Waals surface area contributed by atoms with Crippen LogP contribution in [0.5, 0.6) is 0 Å². The maximum atomic E-state index is 5.98. The Morgan fingerprint density at radius 3 is 2.35 bits per heavy atom. The average Bonchev–Trinajstić information content (AvgIpc) is 2.41. The van der Waals surface area contributed by atoms with Gasteiger partial charge in [-0.3, -0.25) is 0 Å². The quantitative estimate of drug-likeness (QED) is 0.729. The lowest BCUT2D eigenvalue weighted by Gasteiger charge is -2.28. The third-order valence-corrected chi connectivity index (χ3v) is 3.34. The largest absolute Gasteiger partial charge is 0.373 e. The van der Waals surface area contributed by atoms with Crippen LogP contribution in [0, 0.1) is 5.92 Å². The molecule has 0 aliphatic heterocycles. The fraction of sp³-hybridized carbons (Fsp3) is 0.625. The van der Waals surface area contributed by atoms with Crippen LogP contribution in [-0.4, -0.2) is 6.10 Å². The molecule has 0 aromatic heterocycles. The van der Waals surface area contributed by atoms with Crippen LogP contribution in [0.2, 0.25) is 0 Å². The Morgan fingerprint density at radius 1 is 1.06 bits per heavy atom. The molecule has 0 amide bonds. The minimum absolute atomic E-state index is 0.485. The maximum absolute atomic E-state index is 5.98. The molecule has 1 aliphatic carbocycles. The van der Waals surface area contributed by atoms with Crippen molar-refractivity contribution in [2.45, 2.75) is 59.2 Å². The topological polar surface area (TPSA) is 9.23 Å². The van der Waals surface area contributed by atoms with E-state index < -0.39 is 0 Å². The number of benzene rings is 1. The predicted molar refractivity (Wildman–Crippen MR) is 74.0 cm³/mol. The molecule has 1 aromatic carbocycles. The van der Waals surface area contributed by atoms with Gasteiger partial charge in [0.2, 0.25) is 0 Å². The van der Waals surface area contributed by atoms with Crippen LogP contribution in [0.3, 0.4) is 0 Å². The molecule has 2 atom stereocenters. The molecule has 1 saturated carbocycles. The van der Waals surface area contributed by atoms with Crippen LogP contribution < -0.4 is 0 Å². The maximum Gasteiger partial charge on any atom is 0.0720 e. The second kappa shape index (κ2) is 8.30. The van der Waals surface area contributed by atoms with Gasteiger partial charge in [0.05, 0.1) is 12.7 Å². The molecule has 1 aromatic rings. The smallest absolute Gasteiger partial charge is 0.0720 e. The molecule has 17 heavy (non-hydrogen) atoms. The predicted octanol–water partition coefficient (Wildman–Crippen LogP) is 4.81. The first-order valence-corrected chi connectivity index (χ1v) is 7.02. The van der Waals surface area contributed by atoms with Gasteiger partial charge in [-0.15, -0.1) is 0 Å². The lowest BCUT2D eigenvalue weighted by molar-refractivity contribution is -0.0154. The van der Waals surface area contributed by atoms with Gasteiger partial charge in [-0.2, -0.15) is 0 Å². The molecule has 1 fully saturated rings. The van der Waals surface area contributed by atoms with Gasteiger partial charge in [0, 0.05) is 0 Å². The molecule has 0 spiro atoms. The van der Waals surface area contributed by atoms with Crippen molar-refractivity contribution in [2.24, 2.45) is 5.92 Å². The van der Waals surface area contributed by atoms with Crippen molar-refractivity contribution in [2.75, 3.05) is 0 Å². The lowest BCUT2D eigenvalue weighted by Crippen LogP contribution is -2.25. The van der Waals surface area contributed by atoms with Gasteiger partial charge in [0.25, 0.3) is 0 Å². The first kappa shape index (κ1) is 14.2. The molecule has 96 valence electrons. The van der Waals surface area contributed by atoms with E-state index in [0.29, 0.717) is 6.10 Å². The van der Waals surface area contributed by atoms with Gasteiger partial charge in [-0.05, 0) is 24.3 Å². The van der Waals surface area contributed by atoms with Crippen LogP contribution in [0.15, 0.2) is 30.3 Å². The Morgan fingerprint density at radius 2 is 1.71 bits per heavy atom. The van der Waals surface area contributed by atoms with Crippen molar-refractivity contribution in [3.8, 4) is 0 Å². The molecule has 2 unspecified atom stereocenters. The Balaban J connectivity index is 0.000000686. The third-order valence-electron chi connectivity index (χ3n) is 3.34. The van der Waals surface area contributed by atoms with E-state index in [0.717, 1.165) is 12.5 Å². The van der Waals surface area contributed by atoms with E-state index >= 15 is 0 Å². The van der Waals surface area contributed by atoms with Crippen LogP contribution >= 0.6 is 0 Å². The minimum Gasteiger partial charge on any atom is -0.373 e. The Kier molecular flexibility index (Phi) is 6.95. The zero-order chi connectivity index (χ0) is 12.5. The van der Waals surface area contributed by atoms with E-state index in [4.69, 9.17) is 4.74 Å². The zero-order valence-electron chi connectivity index (χ0n) is 11.5. The second-order valence-electron chi connectivity index (χ2n) is 4.60. The van der Waals surface area contributed by atoms with Crippen molar-refractivity contribution >= 4 is 0 Å². The fourth-order valence-corrected chi connectivity index (χ4v) is 2.31. The van der Waals surface area contributed by atoms with Crippen molar-refractivity contribution in [1.82, 2.24) is 0 Å². The van der Waals surface area contributed by atoms with E-state index in [9.17, 15) is 0 Å². The van der Waals surface area contributed by atoms with Gasteiger partial charge in [0.15, 0.2) is 0 Å². The summed E-state index contributed by atoms with van der Waals surface area (Å²) in [5.41, 5.74) is 1.29. The highest BCUT2D eigenvalue weighted by molar-refractivity contribution is 5.13. The monoisotopic (exact) mass is 234 g/mol. The summed E-state index contributed by atoms with van der Waals surface area (Å²) in [6.07, 6.45) is 5.78. The van der Waals surface area contributed by atoms with E-state index in [1.54, 1.807) is 0 Å². The minimum atomic E-state index is 0.485. The summed E-state index contributed by atoms with van der Waals surface area (Å²) < 4.78 is 5.98. The molecular weight excluding hydrogens is 208 g/mol. The van der Waals surface area contributed by atoms with Crippen molar-refractivity contribution in [3.63, 3.8) is 0 Å². The van der Waals surface area contributed by atoms with Gasteiger partial charge in [-0.25, -0.2) is 0 Å². The molecule has 1 heteroatoms. The molecule has 0 N–H and O–H groups in total. The summed E-state index contributed by atoms with van der Waals surface area (Å²) in [6, 6.07) is 10.5. The van der Waals surface area contributed by atoms with Gasteiger partial charge >= 0.3 is 0 Å². The fourth-order valence-electron chi connectivity index (χ4n) is 2.31. The van der Waals surface area contributed by atoms with Crippen LogP contribution in [-0.2, 0) is 11.3 Å². The van der Waals surface area contributed by atoms with Crippen molar-refractivity contribution in [1.29, 1.82) is 0 Å². The highest BCUT2D eigenvalue weighted by Gasteiger charge is 2.21. The van der Waals surface area contributed by atoms with E-state index in [1.807, 2.05) is 19.9 Å². The molecular formula is C16H26O. The lowest BCUT2D eigenvalue weighted by atomic mass is 9.88. The molecule has 1 nitrogen and oxygen atoms in total. The van der Waals surface area contributed by atoms with Crippen LogP contribution in [0.1, 0.15) is 52.0 Å². The van der Waals surface area contributed by atoms with Gasteiger partial charge in [0.1, 0.15) is 0 Å². The van der Waals surface area contributed by atoms with Crippen molar-refractivity contribution in [3.05, 3.63) is 35.9 Å². The molecule has 2 rings (SSSR count). The van der Waals surface area contributed by atoms with Gasteiger partial charge in [-0.1, -0.05) is 63.9 Å². The Hall–Kier alpha value is -0.820. The normalized spacial score (nSPS) is 23.7. The van der Waals surface area contributed by atoms with E-state index in [1.165, 1.54) is 31.2 Å². The molecule has 1 aliphatic rings. The number of ether oxygens (including phenoxy) is 1. The summed E-state index contributed by atoms with van der Waals surface area (Å²) in [7, 11) is 0. The molecule has 0 radical (unpaired) electrons. The summed E-state index contributed by atoms with van der Waals surface area (Å²) >= 11 is 0. The number of hydrogen-bond donors (Lipinski definition) is 0. The number of rotatable bonds is 3. The van der Waals surface area contributed by atoms with E-state index in [2.05, 4.69) is 31.2 Å². The molecule has 0 heterocycles. The van der Waals surface area contributed by atoms with E-state index in [-0.39, 0.29) is 0 Å². The summed E-state index contributed by atoms with van der Waals surface area (Å²) in [6.45, 7) is 7.09. The third kappa shape index (κ3) is 4.91. The van der Waals surface area contributed by atoms with Gasteiger partial charge < -0.3 is 4.74 Å². The Labute approximate surface area is 106 Å². The molecule has 0 bridgehead atoms.